The number of para-hydroxylation sites is 1. The van der Waals surface area contributed by atoms with E-state index in [1.54, 1.807) is 4.90 Å². The first-order chi connectivity index (χ1) is 11.9. The minimum atomic E-state index is -0.945. The van der Waals surface area contributed by atoms with Gasteiger partial charge < -0.3 is 25.3 Å². The van der Waals surface area contributed by atoms with Crippen molar-refractivity contribution >= 4 is 17.6 Å². The van der Waals surface area contributed by atoms with E-state index in [2.05, 4.69) is 5.32 Å². The van der Waals surface area contributed by atoms with Crippen molar-refractivity contribution in [3.8, 4) is 0 Å². The van der Waals surface area contributed by atoms with Crippen molar-refractivity contribution in [1.82, 2.24) is 9.80 Å². The quantitative estimate of drug-likeness (QED) is 0.744. The molecule has 7 nitrogen and oxygen atoms in total. The Balaban J connectivity index is 1.94. The van der Waals surface area contributed by atoms with Gasteiger partial charge in [0.15, 0.2) is 0 Å². The van der Waals surface area contributed by atoms with Gasteiger partial charge in [0.05, 0.1) is 31.8 Å². The summed E-state index contributed by atoms with van der Waals surface area (Å²) < 4.78 is 0. The van der Waals surface area contributed by atoms with Crippen molar-refractivity contribution in [3.63, 3.8) is 0 Å². The highest BCUT2D eigenvalue weighted by Crippen LogP contribution is 2.28. The molecule has 2 aliphatic heterocycles. The monoisotopic (exact) mass is 347 g/mol. The fourth-order valence-electron chi connectivity index (χ4n) is 3.49. The second-order valence-corrected chi connectivity index (χ2v) is 6.93. The van der Waals surface area contributed by atoms with E-state index in [0.29, 0.717) is 6.54 Å². The number of benzene rings is 1. The zero-order chi connectivity index (χ0) is 18.1. The second-order valence-electron chi connectivity index (χ2n) is 6.93. The molecule has 2 heterocycles. The van der Waals surface area contributed by atoms with Crippen LogP contribution in [0.5, 0.6) is 0 Å². The molecule has 1 saturated heterocycles. The van der Waals surface area contributed by atoms with Crippen molar-refractivity contribution in [1.29, 1.82) is 0 Å². The highest BCUT2D eigenvalue weighted by atomic mass is 16.3. The molecule has 0 radical (unpaired) electrons. The maximum absolute atomic E-state index is 13.1. The first-order valence-electron chi connectivity index (χ1n) is 8.72. The lowest BCUT2D eigenvalue weighted by atomic mass is 9.97. The van der Waals surface area contributed by atoms with Gasteiger partial charge in [-0.05, 0) is 17.5 Å². The standard InChI is InChI=1S/C18H25N3O4/c1-3-11(2)16-17(24)19-13-7-5-4-6-12(13)8-21(16)18(25)20-9-14(22)15(23)10-20/h4-7,11,14-16,22-23H,3,8-10H2,1-2H3,(H,19,24). The van der Waals surface area contributed by atoms with Crippen molar-refractivity contribution in [2.24, 2.45) is 5.92 Å². The molecule has 3 rings (SSSR count). The molecule has 7 heteroatoms. The van der Waals surface area contributed by atoms with Crippen LogP contribution in [-0.2, 0) is 11.3 Å². The topological polar surface area (TPSA) is 93.1 Å². The van der Waals surface area contributed by atoms with Crippen molar-refractivity contribution < 1.29 is 19.8 Å². The fourth-order valence-corrected chi connectivity index (χ4v) is 3.49. The second kappa shape index (κ2) is 7.01. The summed E-state index contributed by atoms with van der Waals surface area (Å²) in [6.45, 7) is 4.40. The lowest BCUT2D eigenvalue weighted by Crippen LogP contribution is -2.53. The lowest BCUT2D eigenvalue weighted by molar-refractivity contribution is -0.122. The van der Waals surface area contributed by atoms with Gasteiger partial charge in [0.1, 0.15) is 6.04 Å². The van der Waals surface area contributed by atoms with Crippen LogP contribution in [0.3, 0.4) is 0 Å². The van der Waals surface area contributed by atoms with E-state index in [9.17, 15) is 19.8 Å². The van der Waals surface area contributed by atoms with E-state index >= 15 is 0 Å². The third-order valence-corrected chi connectivity index (χ3v) is 5.18. The molecule has 0 aliphatic carbocycles. The van der Waals surface area contributed by atoms with Gasteiger partial charge >= 0.3 is 6.03 Å². The van der Waals surface area contributed by atoms with Crippen LogP contribution in [0.15, 0.2) is 24.3 Å². The molecule has 136 valence electrons. The number of nitrogens with one attached hydrogen (secondary N) is 1. The Morgan fingerprint density at radius 2 is 1.92 bits per heavy atom. The van der Waals surface area contributed by atoms with E-state index < -0.39 is 18.2 Å². The Morgan fingerprint density at radius 1 is 1.28 bits per heavy atom. The van der Waals surface area contributed by atoms with Crippen molar-refractivity contribution in [2.45, 2.75) is 45.1 Å². The molecule has 1 aromatic rings. The van der Waals surface area contributed by atoms with Crippen LogP contribution >= 0.6 is 0 Å². The summed E-state index contributed by atoms with van der Waals surface area (Å²) in [6, 6.07) is 6.52. The largest absolute Gasteiger partial charge is 0.388 e. The summed E-state index contributed by atoms with van der Waals surface area (Å²) in [7, 11) is 0. The molecule has 4 unspecified atom stereocenters. The van der Waals surface area contributed by atoms with Gasteiger partial charge in [0.25, 0.3) is 0 Å². The van der Waals surface area contributed by atoms with Crippen LogP contribution in [0.2, 0.25) is 0 Å². The molecule has 1 aromatic carbocycles. The molecular weight excluding hydrogens is 322 g/mol. The van der Waals surface area contributed by atoms with Gasteiger partial charge in [-0.25, -0.2) is 4.79 Å². The SMILES string of the molecule is CCC(C)C1C(=O)Nc2ccccc2CN1C(=O)N1CC(O)C(O)C1. The number of rotatable bonds is 2. The van der Waals surface area contributed by atoms with Crippen LogP contribution in [0.4, 0.5) is 10.5 Å². The number of aliphatic hydroxyl groups excluding tert-OH is 2. The number of carbonyl (C=O) groups excluding carboxylic acids is 2. The number of β-amino-alcohol motifs (C(OH)–C–C–N with tert-alkyl or cyclic N) is 2. The molecule has 25 heavy (non-hydrogen) atoms. The number of urea groups is 1. The lowest BCUT2D eigenvalue weighted by Gasteiger charge is -2.35. The number of likely N-dealkylation sites (tertiary alicyclic amines) is 1. The molecular formula is C18H25N3O4. The van der Waals surface area contributed by atoms with Gasteiger partial charge in [-0.15, -0.1) is 0 Å². The molecule has 0 spiro atoms. The van der Waals surface area contributed by atoms with E-state index in [4.69, 9.17) is 0 Å². The predicted molar refractivity (Wildman–Crippen MR) is 92.8 cm³/mol. The summed E-state index contributed by atoms with van der Waals surface area (Å²) in [5.41, 5.74) is 1.59. The zero-order valence-electron chi connectivity index (χ0n) is 14.6. The number of anilines is 1. The minimum Gasteiger partial charge on any atom is -0.388 e. The zero-order valence-corrected chi connectivity index (χ0v) is 14.6. The van der Waals surface area contributed by atoms with Crippen LogP contribution in [0.25, 0.3) is 0 Å². The number of hydrogen-bond donors (Lipinski definition) is 3. The first-order valence-corrected chi connectivity index (χ1v) is 8.72. The van der Waals surface area contributed by atoms with Crippen LogP contribution in [0, 0.1) is 5.92 Å². The van der Waals surface area contributed by atoms with Crippen LogP contribution in [-0.4, -0.2) is 63.3 Å². The molecule has 4 atom stereocenters. The van der Waals surface area contributed by atoms with E-state index in [1.807, 2.05) is 38.1 Å². The third kappa shape index (κ3) is 3.34. The average Bonchev–Trinajstić information content (AvgIpc) is 2.85. The van der Waals surface area contributed by atoms with Gasteiger partial charge in [0.2, 0.25) is 5.91 Å². The molecule has 1 fully saturated rings. The number of nitrogens with zero attached hydrogens (tertiary/aromatic N) is 2. The summed E-state index contributed by atoms with van der Waals surface area (Å²) in [5.74, 6) is -0.219. The Morgan fingerprint density at radius 3 is 2.56 bits per heavy atom. The highest BCUT2D eigenvalue weighted by molar-refractivity contribution is 5.98. The Kier molecular flexibility index (Phi) is 4.96. The fraction of sp³-hybridized carbons (Fsp3) is 0.556. The molecule has 3 N–H and O–H groups in total. The van der Waals surface area contributed by atoms with E-state index in [0.717, 1.165) is 17.7 Å². The maximum atomic E-state index is 13.1. The average molecular weight is 347 g/mol. The van der Waals surface area contributed by atoms with E-state index in [-0.39, 0.29) is 30.9 Å². The number of amides is 3. The number of carbonyl (C=O) groups is 2. The van der Waals surface area contributed by atoms with Gasteiger partial charge in [-0.1, -0.05) is 38.5 Å². The first kappa shape index (κ1) is 17.7. The molecule has 0 aromatic heterocycles. The van der Waals surface area contributed by atoms with E-state index in [1.165, 1.54) is 4.90 Å². The smallest absolute Gasteiger partial charge is 0.321 e. The summed E-state index contributed by atoms with van der Waals surface area (Å²) >= 11 is 0. The number of fused-ring (bicyclic) bond motifs is 1. The summed E-state index contributed by atoms with van der Waals surface area (Å²) in [4.78, 5) is 28.9. The van der Waals surface area contributed by atoms with Crippen LogP contribution in [0.1, 0.15) is 25.8 Å². The third-order valence-electron chi connectivity index (χ3n) is 5.18. The molecule has 0 bridgehead atoms. The van der Waals surface area contributed by atoms with Gasteiger partial charge in [-0.2, -0.15) is 0 Å². The highest BCUT2D eigenvalue weighted by Gasteiger charge is 2.41. The normalized spacial score (nSPS) is 27.5. The molecule has 3 amide bonds. The Hall–Kier alpha value is -2.12. The van der Waals surface area contributed by atoms with Gasteiger partial charge in [0, 0.05) is 5.69 Å². The van der Waals surface area contributed by atoms with Crippen LogP contribution < -0.4 is 5.32 Å². The Bertz CT molecular complexity index is 655. The molecule has 0 saturated carbocycles. The van der Waals surface area contributed by atoms with Gasteiger partial charge in [-0.3, -0.25) is 4.79 Å². The summed E-state index contributed by atoms with van der Waals surface area (Å²) in [5, 5.41) is 22.5. The molecule has 2 aliphatic rings. The summed E-state index contributed by atoms with van der Waals surface area (Å²) in [6.07, 6.45) is -1.14. The predicted octanol–water partition coefficient (Wildman–Crippen LogP) is 1.01. The van der Waals surface area contributed by atoms with Crippen molar-refractivity contribution in [2.75, 3.05) is 18.4 Å². The maximum Gasteiger partial charge on any atom is 0.321 e. The Labute approximate surface area is 147 Å². The number of hydrogen-bond acceptors (Lipinski definition) is 4. The number of aliphatic hydroxyl groups is 2. The minimum absolute atomic E-state index is 0.0179. The van der Waals surface area contributed by atoms with Crippen molar-refractivity contribution in [3.05, 3.63) is 29.8 Å².